The van der Waals surface area contributed by atoms with Gasteiger partial charge in [0.2, 0.25) is 11.9 Å². The third kappa shape index (κ3) is 5.25. The van der Waals surface area contributed by atoms with Gasteiger partial charge < -0.3 is 9.80 Å². The van der Waals surface area contributed by atoms with Crippen molar-refractivity contribution in [3.63, 3.8) is 0 Å². The van der Waals surface area contributed by atoms with Crippen LogP contribution in [0.3, 0.4) is 0 Å². The van der Waals surface area contributed by atoms with E-state index < -0.39 is 0 Å². The lowest BCUT2D eigenvalue weighted by Gasteiger charge is -2.39. The molecule has 0 N–H and O–H groups in total. The van der Waals surface area contributed by atoms with Crippen molar-refractivity contribution in [1.29, 1.82) is 0 Å². The van der Waals surface area contributed by atoms with Crippen LogP contribution in [0.5, 0.6) is 0 Å². The number of hydrogen-bond acceptors (Lipinski definition) is 5. The van der Waals surface area contributed by atoms with E-state index in [1.165, 1.54) is 17.7 Å². The number of amides is 1. The Morgan fingerprint density at radius 3 is 2.29 bits per heavy atom. The summed E-state index contributed by atoms with van der Waals surface area (Å²) >= 11 is 0. The van der Waals surface area contributed by atoms with E-state index in [2.05, 4.69) is 44.0 Å². The third-order valence-electron chi connectivity index (χ3n) is 6.80. The topological polar surface area (TPSA) is 52.6 Å². The first-order valence-electron chi connectivity index (χ1n) is 12.0. The van der Waals surface area contributed by atoms with Gasteiger partial charge in [0.25, 0.3) is 0 Å². The number of benzene rings is 2. The minimum absolute atomic E-state index is 0.0187. The molecule has 0 bridgehead atoms. The zero-order valence-electron chi connectivity index (χ0n) is 19.3. The number of carbonyl (C=O) groups excluding carboxylic acids is 1. The Balaban J connectivity index is 1.16. The number of piperazine rings is 1. The van der Waals surface area contributed by atoms with Gasteiger partial charge in [-0.2, -0.15) is 0 Å². The Morgan fingerprint density at radius 1 is 0.882 bits per heavy atom. The fraction of sp³-hybridized carbons (Fsp3) is 0.370. The summed E-state index contributed by atoms with van der Waals surface area (Å²) in [6, 6.07) is 16.8. The lowest BCUT2D eigenvalue weighted by atomic mass is 9.96. The van der Waals surface area contributed by atoms with E-state index in [4.69, 9.17) is 0 Å². The number of halogens is 1. The van der Waals surface area contributed by atoms with Gasteiger partial charge in [0, 0.05) is 63.8 Å². The molecule has 2 fully saturated rings. The first kappa shape index (κ1) is 22.5. The van der Waals surface area contributed by atoms with Crippen molar-refractivity contribution in [1.82, 2.24) is 19.8 Å². The molecule has 6 nitrogen and oxygen atoms in total. The Hall–Kier alpha value is -3.32. The van der Waals surface area contributed by atoms with Gasteiger partial charge in [0.15, 0.2) is 0 Å². The van der Waals surface area contributed by atoms with Crippen molar-refractivity contribution >= 4 is 11.9 Å². The number of aromatic nitrogens is 2. The molecule has 5 rings (SSSR count). The van der Waals surface area contributed by atoms with Gasteiger partial charge in [-0.3, -0.25) is 9.69 Å². The average Bonchev–Trinajstić information content (AvgIpc) is 2.90. The smallest absolute Gasteiger partial charge is 0.227 e. The molecule has 0 saturated carbocycles. The summed E-state index contributed by atoms with van der Waals surface area (Å²) in [7, 11) is 0. The first-order valence-corrected chi connectivity index (χ1v) is 12.0. The molecule has 0 spiro atoms. The molecule has 176 valence electrons. The predicted molar refractivity (Wildman–Crippen MR) is 131 cm³/mol. The van der Waals surface area contributed by atoms with Crippen LogP contribution in [-0.4, -0.2) is 64.9 Å². The zero-order chi connectivity index (χ0) is 23.3. The summed E-state index contributed by atoms with van der Waals surface area (Å²) < 4.78 is 13.2. The number of anilines is 1. The molecule has 0 aliphatic carbocycles. The highest BCUT2D eigenvalue weighted by Crippen LogP contribution is 2.24. The number of nitrogens with zero attached hydrogens (tertiary/aromatic N) is 5. The second-order valence-electron chi connectivity index (χ2n) is 9.15. The van der Waals surface area contributed by atoms with E-state index in [-0.39, 0.29) is 17.6 Å². The van der Waals surface area contributed by atoms with Gasteiger partial charge in [-0.25, -0.2) is 14.4 Å². The maximum absolute atomic E-state index is 13.3. The molecule has 34 heavy (non-hydrogen) atoms. The van der Waals surface area contributed by atoms with E-state index >= 15 is 0 Å². The van der Waals surface area contributed by atoms with Crippen molar-refractivity contribution in [2.75, 3.05) is 44.2 Å². The van der Waals surface area contributed by atoms with E-state index in [0.29, 0.717) is 12.5 Å². The molecular weight excluding hydrogens is 429 g/mol. The van der Waals surface area contributed by atoms with E-state index in [0.717, 1.165) is 63.2 Å². The fourth-order valence-corrected chi connectivity index (χ4v) is 4.86. The van der Waals surface area contributed by atoms with Crippen molar-refractivity contribution in [2.45, 2.75) is 19.4 Å². The Bertz CT molecular complexity index is 1080. The van der Waals surface area contributed by atoms with Crippen LogP contribution >= 0.6 is 0 Å². The zero-order valence-corrected chi connectivity index (χ0v) is 19.3. The predicted octanol–water partition coefficient (Wildman–Crippen LogP) is 3.84. The molecule has 2 saturated heterocycles. The Labute approximate surface area is 200 Å². The second kappa shape index (κ2) is 10.3. The first-order chi connectivity index (χ1) is 16.7. The van der Waals surface area contributed by atoms with Gasteiger partial charge in [-0.05, 0) is 36.1 Å². The van der Waals surface area contributed by atoms with Gasteiger partial charge in [-0.1, -0.05) is 42.5 Å². The quantitative estimate of drug-likeness (QED) is 0.580. The highest BCUT2D eigenvalue weighted by atomic mass is 19.1. The molecule has 1 amide bonds. The summed E-state index contributed by atoms with van der Waals surface area (Å²) in [4.78, 5) is 28.9. The highest BCUT2D eigenvalue weighted by Gasteiger charge is 2.31. The van der Waals surface area contributed by atoms with Crippen LogP contribution in [0.15, 0.2) is 67.0 Å². The molecular formula is C27H30FN5O. The van der Waals surface area contributed by atoms with Crippen LogP contribution in [0.4, 0.5) is 10.3 Å². The average molecular weight is 460 g/mol. The highest BCUT2D eigenvalue weighted by molar-refractivity contribution is 5.80. The molecule has 7 heteroatoms. The standard InChI is InChI=1S/C27H30FN5O/c28-25-10-8-22(9-11-25)24-17-29-27(30-18-24)33-12-4-7-23(20-33)26(34)32-15-13-31(14-16-32)19-21-5-2-1-3-6-21/h1-3,5-6,8-11,17-18,23H,4,7,12-16,19-20H2. The van der Waals surface area contributed by atoms with Gasteiger partial charge >= 0.3 is 0 Å². The summed E-state index contributed by atoms with van der Waals surface area (Å²) in [6.07, 6.45) is 5.40. The van der Waals surface area contributed by atoms with E-state index in [1.54, 1.807) is 24.5 Å². The molecule has 1 unspecified atom stereocenters. The maximum Gasteiger partial charge on any atom is 0.227 e. The molecule has 1 aromatic heterocycles. The number of piperidine rings is 1. The summed E-state index contributed by atoms with van der Waals surface area (Å²) in [5.74, 6) is 0.626. The number of rotatable bonds is 5. The summed E-state index contributed by atoms with van der Waals surface area (Å²) in [6.45, 7) is 5.82. The normalized spacial score (nSPS) is 19.3. The molecule has 2 aliphatic heterocycles. The maximum atomic E-state index is 13.3. The Morgan fingerprint density at radius 2 is 1.59 bits per heavy atom. The van der Waals surface area contributed by atoms with E-state index in [9.17, 15) is 9.18 Å². The lowest BCUT2D eigenvalue weighted by molar-refractivity contribution is -0.137. The van der Waals surface area contributed by atoms with Crippen LogP contribution in [0.25, 0.3) is 11.1 Å². The number of hydrogen-bond donors (Lipinski definition) is 0. The molecule has 3 aromatic rings. The van der Waals surface area contributed by atoms with Crippen molar-refractivity contribution < 1.29 is 9.18 Å². The summed E-state index contributed by atoms with van der Waals surface area (Å²) in [5, 5.41) is 0. The molecule has 0 radical (unpaired) electrons. The van der Waals surface area contributed by atoms with Gasteiger partial charge in [-0.15, -0.1) is 0 Å². The van der Waals surface area contributed by atoms with Gasteiger partial charge in [0.05, 0.1) is 5.92 Å². The van der Waals surface area contributed by atoms with Crippen molar-refractivity contribution in [3.8, 4) is 11.1 Å². The van der Waals surface area contributed by atoms with Crippen LogP contribution in [-0.2, 0) is 11.3 Å². The Kier molecular flexibility index (Phi) is 6.81. The van der Waals surface area contributed by atoms with Crippen molar-refractivity contribution in [3.05, 3.63) is 78.4 Å². The van der Waals surface area contributed by atoms with Crippen LogP contribution < -0.4 is 4.90 Å². The van der Waals surface area contributed by atoms with Crippen LogP contribution in [0.1, 0.15) is 18.4 Å². The minimum Gasteiger partial charge on any atom is -0.340 e. The lowest BCUT2D eigenvalue weighted by Crippen LogP contribution is -2.52. The number of carbonyl (C=O) groups is 1. The third-order valence-corrected chi connectivity index (χ3v) is 6.80. The van der Waals surface area contributed by atoms with Gasteiger partial charge in [0.1, 0.15) is 5.82 Å². The monoisotopic (exact) mass is 459 g/mol. The largest absolute Gasteiger partial charge is 0.340 e. The second-order valence-corrected chi connectivity index (χ2v) is 9.15. The van der Waals surface area contributed by atoms with E-state index in [1.807, 2.05) is 11.0 Å². The molecule has 1 atom stereocenters. The molecule has 3 heterocycles. The molecule has 2 aromatic carbocycles. The van der Waals surface area contributed by atoms with Crippen LogP contribution in [0.2, 0.25) is 0 Å². The minimum atomic E-state index is -0.261. The SMILES string of the molecule is O=C(C1CCCN(c2ncc(-c3ccc(F)cc3)cn2)C1)N1CCN(Cc2ccccc2)CC1. The van der Waals surface area contributed by atoms with Crippen molar-refractivity contribution in [2.24, 2.45) is 5.92 Å². The van der Waals surface area contributed by atoms with Crippen LogP contribution in [0, 0.1) is 11.7 Å². The molecule has 2 aliphatic rings. The summed E-state index contributed by atoms with van der Waals surface area (Å²) in [5.41, 5.74) is 3.04. The fourth-order valence-electron chi connectivity index (χ4n) is 4.86.